The standard InChI is InChI=1S/C26H29N3O4/c1-29(15-5-9-22-18-24(28-33-22)19-7-3-2-4-8-19)26(31)10-6-16-32-21-12-13-23-20(17-21)11-14-25(30)27-23/h2-4,7-8,12-13,17-18H,5-6,9-11,14-16H2,1H3,(H,27,30). The van der Waals surface area contributed by atoms with Crippen molar-refractivity contribution in [3.05, 3.63) is 65.9 Å². The van der Waals surface area contributed by atoms with E-state index >= 15 is 0 Å². The van der Waals surface area contributed by atoms with Gasteiger partial charge in [0.05, 0.1) is 6.61 Å². The minimum absolute atomic E-state index is 0.0524. The van der Waals surface area contributed by atoms with Gasteiger partial charge in [0.15, 0.2) is 0 Å². The number of anilines is 1. The molecular formula is C26H29N3O4. The molecule has 2 aromatic carbocycles. The predicted molar refractivity (Wildman–Crippen MR) is 126 cm³/mol. The predicted octanol–water partition coefficient (Wildman–Crippen LogP) is 4.48. The monoisotopic (exact) mass is 447 g/mol. The Bertz CT molecular complexity index is 1090. The molecule has 0 spiro atoms. The lowest BCUT2D eigenvalue weighted by molar-refractivity contribution is -0.130. The molecule has 1 aromatic heterocycles. The highest BCUT2D eigenvalue weighted by Crippen LogP contribution is 2.27. The van der Waals surface area contributed by atoms with Crippen molar-refractivity contribution in [3.8, 4) is 17.0 Å². The van der Waals surface area contributed by atoms with E-state index in [1.165, 1.54) is 0 Å². The van der Waals surface area contributed by atoms with Crippen LogP contribution in [0.25, 0.3) is 11.3 Å². The summed E-state index contributed by atoms with van der Waals surface area (Å²) < 4.78 is 11.2. The number of carbonyl (C=O) groups excluding carboxylic acids is 2. The van der Waals surface area contributed by atoms with E-state index in [-0.39, 0.29) is 11.8 Å². The average Bonchev–Trinajstić information content (AvgIpc) is 3.31. The zero-order valence-corrected chi connectivity index (χ0v) is 18.9. The minimum Gasteiger partial charge on any atom is -0.494 e. The van der Waals surface area contributed by atoms with Crippen molar-refractivity contribution in [1.82, 2.24) is 10.1 Å². The molecule has 1 aliphatic rings. The zero-order chi connectivity index (χ0) is 23.0. The van der Waals surface area contributed by atoms with Crippen LogP contribution in [0.15, 0.2) is 59.1 Å². The highest BCUT2D eigenvalue weighted by atomic mass is 16.5. The number of aryl methyl sites for hydroxylation is 2. The van der Waals surface area contributed by atoms with Gasteiger partial charge in [-0.25, -0.2) is 0 Å². The number of ether oxygens (including phenoxy) is 1. The van der Waals surface area contributed by atoms with E-state index in [1.807, 2.05) is 61.6 Å². The lowest BCUT2D eigenvalue weighted by Gasteiger charge is -2.18. The topological polar surface area (TPSA) is 84.7 Å². The van der Waals surface area contributed by atoms with E-state index in [1.54, 1.807) is 4.90 Å². The first-order valence-electron chi connectivity index (χ1n) is 11.4. The molecule has 172 valence electrons. The first kappa shape index (κ1) is 22.6. The van der Waals surface area contributed by atoms with Crippen molar-refractivity contribution in [3.63, 3.8) is 0 Å². The van der Waals surface area contributed by atoms with Crippen molar-refractivity contribution in [1.29, 1.82) is 0 Å². The van der Waals surface area contributed by atoms with Crippen molar-refractivity contribution >= 4 is 17.5 Å². The highest BCUT2D eigenvalue weighted by Gasteiger charge is 2.15. The smallest absolute Gasteiger partial charge is 0.224 e. The Balaban J connectivity index is 1.13. The molecule has 0 bridgehead atoms. The molecule has 33 heavy (non-hydrogen) atoms. The summed E-state index contributed by atoms with van der Waals surface area (Å²) in [6.45, 7) is 1.14. The van der Waals surface area contributed by atoms with Crippen LogP contribution in [0.1, 0.15) is 37.0 Å². The molecule has 0 unspecified atom stereocenters. The van der Waals surface area contributed by atoms with E-state index in [0.29, 0.717) is 32.4 Å². The molecule has 7 heteroatoms. The maximum atomic E-state index is 12.4. The Morgan fingerprint density at radius 3 is 2.82 bits per heavy atom. The third-order valence-electron chi connectivity index (χ3n) is 5.75. The molecule has 1 aliphatic heterocycles. The van der Waals surface area contributed by atoms with Crippen molar-refractivity contribution in [2.24, 2.45) is 0 Å². The van der Waals surface area contributed by atoms with Gasteiger partial charge in [0.1, 0.15) is 17.2 Å². The van der Waals surface area contributed by atoms with Crippen molar-refractivity contribution in [2.75, 3.05) is 25.5 Å². The van der Waals surface area contributed by atoms with Gasteiger partial charge in [0.25, 0.3) is 0 Å². The van der Waals surface area contributed by atoms with Crippen LogP contribution in [0.5, 0.6) is 5.75 Å². The molecule has 1 N–H and O–H groups in total. The van der Waals surface area contributed by atoms with Gasteiger partial charge >= 0.3 is 0 Å². The molecule has 7 nitrogen and oxygen atoms in total. The molecule has 0 fully saturated rings. The van der Waals surface area contributed by atoms with Crippen LogP contribution in [0.2, 0.25) is 0 Å². The lowest BCUT2D eigenvalue weighted by atomic mass is 10.0. The fraction of sp³-hybridized carbons (Fsp3) is 0.346. The van der Waals surface area contributed by atoms with Crippen LogP contribution in [-0.4, -0.2) is 42.1 Å². The van der Waals surface area contributed by atoms with Gasteiger partial charge in [-0.3, -0.25) is 9.59 Å². The second kappa shape index (κ2) is 10.8. The average molecular weight is 448 g/mol. The summed E-state index contributed by atoms with van der Waals surface area (Å²) in [5.41, 5.74) is 3.81. The second-order valence-electron chi connectivity index (χ2n) is 8.28. The highest BCUT2D eigenvalue weighted by molar-refractivity contribution is 5.94. The fourth-order valence-electron chi connectivity index (χ4n) is 3.84. The minimum atomic E-state index is 0.0524. The van der Waals surface area contributed by atoms with Gasteiger partial charge in [-0.05, 0) is 43.0 Å². The zero-order valence-electron chi connectivity index (χ0n) is 18.9. The summed E-state index contributed by atoms with van der Waals surface area (Å²) in [4.78, 5) is 25.6. The number of hydrogen-bond acceptors (Lipinski definition) is 5. The Labute approximate surface area is 193 Å². The molecule has 0 radical (unpaired) electrons. The van der Waals surface area contributed by atoms with Gasteiger partial charge in [-0.1, -0.05) is 35.5 Å². The number of nitrogens with zero attached hydrogens (tertiary/aromatic N) is 2. The van der Waals surface area contributed by atoms with E-state index in [2.05, 4.69) is 10.5 Å². The van der Waals surface area contributed by atoms with E-state index in [9.17, 15) is 9.59 Å². The number of fused-ring (bicyclic) bond motifs is 1. The molecule has 4 rings (SSSR count). The van der Waals surface area contributed by atoms with Gasteiger partial charge < -0.3 is 19.5 Å². The van der Waals surface area contributed by atoms with Crippen LogP contribution in [-0.2, 0) is 22.4 Å². The van der Waals surface area contributed by atoms with Gasteiger partial charge in [-0.15, -0.1) is 0 Å². The van der Waals surface area contributed by atoms with E-state index in [4.69, 9.17) is 9.26 Å². The fourth-order valence-corrected chi connectivity index (χ4v) is 3.84. The summed E-state index contributed by atoms with van der Waals surface area (Å²) in [5, 5.41) is 7.00. The van der Waals surface area contributed by atoms with Crippen molar-refractivity contribution in [2.45, 2.75) is 38.5 Å². The SMILES string of the molecule is CN(CCCc1cc(-c2ccccc2)no1)C(=O)CCCOc1ccc2c(c1)CCC(=O)N2. The molecule has 0 atom stereocenters. The maximum absolute atomic E-state index is 12.4. The number of benzene rings is 2. The summed E-state index contributed by atoms with van der Waals surface area (Å²) in [7, 11) is 1.83. The van der Waals surface area contributed by atoms with Crippen LogP contribution in [0.4, 0.5) is 5.69 Å². The van der Waals surface area contributed by atoms with Crippen LogP contribution >= 0.6 is 0 Å². The Morgan fingerprint density at radius 1 is 1.12 bits per heavy atom. The summed E-state index contributed by atoms with van der Waals surface area (Å²) in [6, 6.07) is 17.6. The van der Waals surface area contributed by atoms with Gasteiger partial charge in [0, 0.05) is 50.2 Å². The Morgan fingerprint density at radius 2 is 1.97 bits per heavy atom. The van der Waals surface area contributed by atoms with Gasteiger partial charge in [0.2, 0.25) is 11.8 Å². The first-order valence-corrected chi connectivity index (χ1v) is 11.4. The molecule has 2 amide bonds. The quantitative estimate of drug-likeness (QED) is 0.463. The number of carbonyl (C=O) groups is 2. The summed E-state index contributed by atoms with van der Waals surface area (Å²) in [5.74, 6) is 1.76. The van der Waals surface area contributed by atoms with Crippen LogP contribution < -0.4 is 10.1 Å². The number of hydrogen-bond donors (Lipinski definition) is 1. The Hall–Kier alpha value is -3.61. The lowest BCUT2D eigenvalue weighted by Crippen LogP contribution is -2.28. The Kier molecular flexibility index (Phi) is 7.40. The normalized spacial score (nSPS) is 12.7. The van der Waals surface area contributed by atoms with Crippen LogP contribution in [0.3, 0.4) is 0 Å². The maximum Gasteiger partial charge on any atom is 0.224 e. The largest absolute Gasteiger partial charge is 0.494 e. The van der Waals surface area contributed by atoms with E-state index < -0.39 is 0 Å². The molecule has 0 aliphatic carbocycles. The van der Waals surface area contributed by atoms with Crippen LogP contribution in [0, 0.1) is 0 Å². The van der Waals surface area contributed by atoms with Crippen molar-refractivity contribution < 1.29 is 18.8 Å². The molecule has 0 saturated carbocycles. The number of rotatable bonds is 10. The number of amides is 2. The summed E-state index contributed by atoms with van der Waals surface area (Å²) >= 11 is 0. The number of nitrogens with one attached hydrogen (secondary N) is 1. The number of aromatic nitrogens is 1. The van der Waals surface area contributed by atoms with E-state index in [0.717, 1.165) is 53.3 Å². The molecular weight excluding hydrogens is 418 g/mol. The third kappa shape index (κ3) is 6.22. The third-order valence-corrected chi connectivity index (χ3v) is 5.75. The second-order valence-corrected chi connectivity index (χ2v) is 8.28. The first-order chi connectivity index (χ1) is 16.1. The molecule has 3 aromatic rings. The van der Waals surface area contributed by atoms with Gasteiger partial charge in [-0.2, -0.15) is 0 Å². The summed E-state index contributed by atoms with van der Waals surface area (Å²) in [6.07, 6.45) is 3.87. The molecule has 0 saturated heterocycles. The molecule has 2 heterocycles.